The number of amides is 3. The number of nitrogens with zero attached hydrogens (tertiary/aromatic N) is 1. The number of ketones is 1. The van der Waals surface area contributed by atoms with Gasteiger partial charge in [0, 0.05) is 12.6 Å². The molecule has 1 heterocycles. The van der Waals surface area contributed by atoms with Crippen molar-refractivity contribution >= 4 is 33.5 Å². The molecule has 204 valence electrons. The highest BCUT2D eigenvalue weighted by molar-refractivity contribution is 7.92. The maximum absolute atomic E-state index is 13.6. The highest BCUT2D eigenvalue weighted by atomic mass is 32.2. The van der Waals surface area contributed by atoms with Crippen LogP contribution in [0.15, 0.2) is 23.1 Å². The van der Waals surface area contributed by atoms with Crippen molar-refractivity contribution in [1.82, 2.24) is 15.5 Å². The Hall–Kier alpha value is -2.95. The lowest BCUT2D eigenvalue weighted by molar-refractivity contribution is -0.140. The van der Waals surface area contributed by atoms with Crippen LogP contribution in [-0.4, -0.2) is 72.5 Å². The number of sulfone groups is 1. The zero-order valence-corrected chi connectivity index (χ0v) is 23.1. The van der Waals surface area contributed by atoms with Crippen LogP contribution in [0, 0.1) is 13.8 Å². The lowest BCUT2D eigenvalue weighted by atomic mass is 10.1. The smallest absolute Gasteiger partial charge is 0.411 e. The Morgan fingerprint density at radius 1 is 1.14 bits per heavy atom. The summed E-state index contributed by atoms with van der Waals surface area (Å²) < 4.78 is 32.6. The zero-order chi connectivity index (χ0) is 27.7. The number of Topliss-reactive ketones (excluding diaryl/α,β-unsaturated/α-hetero) is 1. The molecule has 1 aromatic carbocycles. The first-order valence-corrected chi connectivity index (χ1v) is 14.1. The van der Waals surface area contributed by atoms with Crippen molar-refractivity contribution in [1.29, 1.82) is 0 Å². The standard InChI is InChI=1S/C26H37N3O7S/c1-7-19(22(30)24(32)27-17-9-10-17)28-23(31)20-13-18(14-29(20)25(33)36-26(4,5)6)37(34,35)21-11-8-15(2)12-16(21)3/h8,11-12,17-20H,7,9-10,13-14H2,1-6H3,(H,27,32)(H,28,31). The molecular weight excluding hydrogens is 498 g/mol. The number of hydrogen-bond acceptors (Lipinski definition) is 7. The van der Waals surface area contributed by atoms with Gasteiger partial charge in [-0.15, -0.1) is 0 Å². The van der Waals surface area contributed by atoms with Crippen LogP contribution in [0.4, 0.5) is 4.79 Å². The Morgan fingerprint density at radius 3 is 2.32 bits per heavy atom. The summed E-state index contributed by atoms with van der Waals surface area (Å²) in [6.45, 7) is 9.99. The molecule has 3 unspecified atom stereocenters. The number of rotatable bonds is 8. The van der Waals surface area contributed by atoms with Gasteiger partial charge in [0.15, 0.2) is 9.84 Å². The average Bonchev–Trinajstić information content (AvgIpc) is 3.47. The van der Waals surface area contributed by atoms with Crippen molar-refractivity contribution in [2.45, 2.75) is 101 Å². The van der Waals surface area contributed by atoms with Gasteiger partial charge in [-0.05, 0) is 71.9 Å². The lowest BCUT2D eigenvalue weighted by Gasteiger charge is -2.28. The number of benzene rings is 1. The largest absolute Gasteiger partial charge is 0.444 e. The number of ether oxygens (including phenoxy) is 1. The molecule has 2 N–H and O–H groups in total. The predicted octanol–water partition coefficient (Wildman–Crippen LogP) is 2.20. The van der Waals surface area contributed by atoms with Gasteiger partial charge in [-0.1, -0.05) is 24.6 Å². The van der Waals surface area contributed by atoms with E-state index < -0.39 is 56.5 Å². The summed E-state index contributed by atoms with van der Waals surface area (Å²) in [5.41, 5.74) is 0.623. The van der Waals surface area contributed by atoms with Crippen molar-refractivity contribution < 1.29 is 32.3 Å². The molecule has 37 heavy (non-hydrogen) atoms. The molecule has 0 spiro atoms. The summed E-state index contributed by atoms with van der Waals surface area (Å²) in [7, 11) is -3.89. The third kappa shape index (κ3) is 6.88. The van der Waals surface area contributed by atoms with Crippen LogP contribution in [0.1, 0.15) is 64.5 Å². The summed E-state index contributed by atoms with van der Waals surface area (Å²) in [5.74, 6) is -2.24. The molecule has 0 bridgehead atoms. The molecule has 1 aliphatic carbocycles. The number of hydrogen-bond donors (Lipinski definition) is 2. The fourth-order valence-electron chi connectivity index (χ4n) is 4.35. The lowest BCUT2D eigenvalue weighted by Crippen LogP contribution is -2.53. The zero-order valence-electron chi connectivity index (χ0n) is 22.3. The van der Waals surface area contributed by atoms with E-state index in [-0.39, 0.29) is 30.3 Å². The van der Waals surface area contributed by atoms with Gasteiger partial charge in [0.2, 0.25) is 11.7 Å². The third-order valence-electron chi connectivity index (χ3n) is 6.45. The summed E-state index contributed by atoms with van der Waals surface area (Å²) in [6.07, 6.45) is 0.791. The van der Waals surface area contributed by atoms with E-state index in [1.165, 1.54) is 6.07 Å². The minimum Gasteiger partial charge on any atom is -0.444 e. The molecule has 1 saturated heterocycles. The molecule has 2 fully saturated rings. The van der Waals surface area contributed by atoms with Crippen molar-refractivity contribution in [2.75, 3.05) is 6.54 Å². The van der Waals surface area contributed by atoms with E-state index in [4.69, 9.17) is 4.74 Å². The second-order valence-corrected chi connectivity index (χ2v) is 13.1. The molecule has 3 amide bonds. The first-order chi connectivity index (χ1) is 17.1. The summed E-state index contributed by atoms with van der Waals surface area (Å²) in [5, 5.41) is 4.13. The van der Waals surface area contributed by atoms with E-state index >= 15 is 0 Å². The Bertz CT molecular complexity index is 1190. The van der Waals surface area contributed by atoms with Crippen molar-refractivity contribution in [2.24, 2.45) is 0 Å². The SMILES string of the molecule is CCC(NC(=O)C1CC(S(=O)(=O)c2ccc(C)cc2C)CN1C(=O)OC(C)(C)C)C(=O)C(=O)NC1CC1. The van der Waals surface area contributed by atoms with Crippen LogP contribution in [0.3, 0.4) is 0 Å². The van der Waals surface area contributed by atoms with E-state index in [0.717, 1.165) is 23.3 Å². The van der Waals surface area contributed by atoms with Gasteiger partial charge in [-0.25, -0.2) is 13.2 Å². The van der Waals surface area contributed by atoms with Crippen molar-refractivity contribution in [3.8, 4) is 0 Å². The predicted molar refractivity (Wildman–Crippen MR) is 137 cm³/mol. The molecule has 3 rings (SSSR count). The maximum atomic E-state index is 13.6. The number of aryl methyl sites for hydroxylation is 2. The molecule has 0 radical (unpaired) electrons. The molecule has 10 nitrogen and oxygen atoms in total. The second kappa shape index (κ2) is 10.8. The fourth-order valence-corrected chi connectivity index (χ4v) is 6.27. The van der Waals surface area contributed by atoms with Crippen LogP contribution in [0.5, 0.6) is 0 Å². The van der Waals surface area contributed by atoms with Gasteiger partial charge in [-0.2, -0.15) is 0 Å². The number of likely N-dealkylation sites (tertiary alicyclic amines) is 1. The van der Waals surface area contributed by atoms with Gasteiger partial charge < -0.3 is 15.4 Å². The van der Waals surface area contributed by atoms with Crippen LogP contribution in [0.2, 0.25) is 0 Å². The quantitative estimate of drug-likeness (QED) is 0.487. The molecule has 3 atom stereocenters. The highest BCUT2D eigenvalue weighted by Gasteiger charge is 2.47. The second-order valence-electron chi connectivity index (χ2n) is 10.9. The fraction of sp³-hybridized carbons (Fsp3) is 0.615. The van der Waals surface area contributed by atoms with Crippen LogP contribution in [-0.2, 0) is 29.0 Å². The van der Waals surface area contributed by atoms with Gasteiger partial charge in [0.25, 0.3) is 5.91 Å². The van der Waals surface area contributed by atoms with Crippen molar-refractivity contribution in [3.05, 3.63) is 29.3 Å². The Balaban J connectivity index is 1.85. The molecule has 1 aliphatic heterocycles. The molecule has 0 aromatic heterocycles. The van der Waals surface area contributed by atoms with E-state index in [2.05, 4.69) is 10.6 Å². The summed E-state index contributed by atoms with van der Waals surface area (Å²) in [4.78, 5) is 52.5. The van der Waals surface area contributed by atoms with Crippen molar-refractivity contribution in [3.63, 3.8) is 0 Å². The summed E-state index contributed by atoms with van der Waals surface area (Å²) >= 11 is 0. The topological polar surface area (TPSA) is 139 Å². The first-order valence-electron chi connectivity index (χ1n) is 12.6. The van der Waals surface area contributed by atoms with Crippen LogP contribution >= 0.6 is 0 Å². The maximum Gasteiger partial charge on any atom is 0.411 e. The minimum atomic E-state index is -3.89. The van der Waals surface area contributed by atoms with Gasteiger partial charge in [0.1, 0.15) is 11.6 Å². The van der Waals surface area contributed by atoms with Gasteiger partial charge >= 0.3 is 6.09 Å². The third-order valence-corrected chi connectivity index (χ3v) is 8.74. The average molecular weight is 536 g/mol. The molecule has 1 saturated carbocycles. The first kappa shape index (κ1) is 28.6. The Morgan fingerprint density at radius 2 is 1.78 bits per heavy atom. The van der Waals surface area contributed by atoms with E-state index in [1.54, 1.807) is 46.8 Å². The number of carbonyl (C=O) groups excluding carboxylic acids is 4. The van der Waals surface area contributed by atoms with Gasteiger partial charge in [-0.3, -0.25) is 19.3 Å². The molecule has 2 aliphatic rings. The highest BCUT2D eigenvalue weighted by Crippen LogP contribution is 2.31. The summed E-state index contributed by atoms with van der Waals surface area (Å²) in [6, 6.07) is 2.71. The van der Waals surface area contributed by atoms with Crippen LogP contribution in [0.25, 0.3) is 0 Å². The van der Waals surface area contributed by atoms with Crippen LogP contribution < -0.4 is 10.6 Å². The van der Waals surface area contributed by atoms with E-state index in [1.807, 2.05) is 6.92 Å². The molecule has 1 aromatic rings. The minimum absolute atomic E-state index is 0.0154. The molecule has 11 heteroatoms. The van der Waals surface area contributed by atoms with Gasteiger partial charge in [0.05, 0.1) is 16.2 Å². The van der Waals surface area contributed by atoms with E-state index in [9.17, 15) is 27.6 Å². The Kier molecular flexibility index (Phi) is 8.36. The normalized spacial score (nSPS) is 20.8. The number of nitrogens with one attached hydrogen (secondary N) is 2. The molecular formula is C26H37N3O7S. The number of carbonyl (C=O) groups is 4. The monoisotopic (exact) mass is 535 g/mol. The Labute approximate surface area is 218 Å². The van der Waals surface area contributed by atoms with E-state index in [0.29, 0.717) is 5.56 Å².